The van der Waals surface area contributed by atoms with Gasteiger partial charge in [0, 0.05) is 12.0 Å². The van der Waals surface area contributed by atoms with Gasteiger partial charge < -0.3 is 5.11 Å². The van der Waals surface area contributed by atoms with Gasteiger partial charge in [0.25, 0.3) is 0 Å². The second-order valence-corrected chi connectivity index (χ2v) is 7.32. The first kappa shape index (κ1) is 15.0. The average Bonchev–Trinajstić information content (AvgIpc) is 2.70. The molecule has 1 fully saturated rings. The van der Waals surface area contributed by atoms with Crippen molar-refractivity contribution in [1.29, 1.82) is 0 Å². The lowest BCUT2D eigenvalue weighted by Crippen LogP contribution is -2.42. The summed E-state index contributed by atoms with van der Waals surface area (Å²) >= 11 is 3.63. The van der Waals surface area contributed by atoms with Gasteiger partial charge in [-0.15, -0.1) is 0 Å². The van der Waals surface area contributed by atoms with Gasteiger partial charge in [-0.3, -0.25) is 4.68 Å². The molecule has 1 saturated carbocycles. The minimum atomic E-state index is -0.203. The lowest BCUT2D eigenvalue weighted by molar-refractivity contribution is 0.0119. The molecule has 1 aliphatic carbocycles. The van der Waals surface area contributed by atoms with E-state index >= 15 is 0 Å². The Kier molecular flexibility index (Phi) is 4.41. The Morgan fingerprint density at radius 1 is 1.47 bits per heavy atom. The van der Waals surface area contributed by atoms with Crippen LogP contribution in [0.5, 0.6) is 0 Å². The fourth-order valence-electron chi connectivity index (χ4n) is 3.61. The number of aryl methyl sites for hydroxylation is 1. The van der Waals surface area contributed by atoms with Crippen molar-refractivity contribution in [2.24, 2.45) is 11.8 Å². The van der Waals surface area contributed by atoms with E-state index in [1.165, 1.54) is 12.1 Å². The molecule has 0 saturated heterocycles. The lowest BCUT2D eigenvalue weighted by Gasteiger charge is -2.42. The zero-order chi connectivity index (χ0) is 14.2. The Hall–Kier alpha value is -0.350. The maximum atomic E-state index is 10.5. The minimum absolute atomic E-state index is 0.0646. The van der Waals surface area contributed by atoms with Crippen LogP contribution in [0.3, 0.4) is 0 Å². The van der Waals surface area contributed by atoms with Gasteiger partial charge in [-0.05, 0) is 47.5 Å². The third kappa shape index (κ3) is 2.75. The van der Waals surface area contributed by atoms with Crippen LogP contribution in [-0.4, -0.2) is 21.0 Å². The Balaban J connectivity index is 2.33. The van der Waals surface area contributed by atoms with E-state index in [0.29, 0.717) is 11.8 Å². The first-order chi connectivity index (χ1) is 8.87. The number of hydrogen-bond donors (Lipinski definition) is 1. The highest BCUT2D eigenvalue weighted by molar-refractivity contribution is 9.10. The molecule has 0 radical (unpaired) electrons. The SMILES string of the molecule is CCn1ncc(Br)c1C(C)(C)C1CCC(C)CC1O. The van der Waals surface area contributed by atoms with Crippen molar-refractivity contribution in [3.63, 3.8) is 0 Å². The molecule has 1 aliphatic rings. The summed E-state index contributed by atoms with van der Waals surface area (Å²) in [4.78, 5) is 0. The highest BCUT2D eigenvalue weighted by Crippen LogP contribution is 2.44. The van der Waals surface area contributed by atoms with E-state index in [4.69, 9.17) is 0 Å². The number of rotatable bonds is 3. The molecule has 4 heteroatoms. The second-order valence-electron chi connectivity index (χ2n) is 6.47. The molecule has 2 rings (SSSR count). The Morgan fingerprint density at radius 2 is 2.16 bits per heavy atom. The Bertz CT molecular complexity index is 441. The van der Waals surface area contributed by atoms with Crippen molar-refractivity contribution >= 4 is 15.9 Å². The number of aromatic nitrogens is 2. The third-order valence-corrected chi connectivity index (χ3v) is 5.29. The molecule has 19 heavy (non-hydrogen) atoms. The van der Waals surface area contributed by atoms with E-state index in [9.17, 15) is 5.11 Å². The molecule has 0 aromatic carbocycles. The van der Waals surface area contributed by atoms with Crippen molar-refractivity contribution in [2.45, 2.75) is 65.0 Å². The van der Waals surface area contributed by atoms with Crippen molar-refractivity contribution in [1.82, 2.24) is 9.78 Å². The molecule has 0 bridgehead atoms. The zero-order valence-corrected chi connectivity index (χ0v) is 13.9. The normalized spacial score (nSPS) is 28.6. The molecule has 1 aromatic heterocycles. The summed E-state index contributed by atoms with van der Waals surface area (Å²) in [5.41, 5.74) is 1.15. The van der Waals surface area contributed by atoms with Gasteiger partial charge in [-0.2, -0.15) is 5.10 Å². The van der Waals surface area contributed by atoms with Gasteiger partial charge in [0.15, 0.2) is 0 Å². The van der Waals surface area contributed by atoms with E-state index in [2.05, 4.69) is 53.4 Å². The Labute approximate surface area is 124 Å². The highest BCUT2D eigenvalue weighted by Gasteiger charge is 2.41. The smallest absolute Gasteiger partial charge is 0.0635 e. The maximum absolute atomic E-state index is 10.5. The fourth-order valence-corrected chi connectivity index (χ4v) is 4.42. The fraction of sp³-hybridized carbons (Fsp3) is 0.800. The van der Waals surface area contributed by atoms with Gasteiger partial charge >= 0.3 is 0 Å². The second kappa shape index (κ2) is 5.57. The molecule has 3 unspecified atom stereocenters. The van der Waals surface area contributed by atoms with Crippen LogP contribution in [0, 0.1) is 11.8 Å². The van der Waals surface area contributed by atoms with Crippen molar-refractivity contribution in [3.05, 3.63) is 16.4 Å². The summed E-state index contributed by atoms with van der Waals surface area (Å²) in [5, 5.41) is 14.9. The van der Waals surface area contributed by atoms with Crippen LogP contribution in [0.2, 0.25) is 0 Å². The standard InChI is InChI=1S/C15H25BrN2O/c1-5-18-14(12(16)9-17-18)15(3,4)11-7-6-10(2)8-13(11)19/h9-11,13,19H,5-8H2,1-4H3. The summed E-state index contributed by atoms with van der Waals surface area (Å²) < 4.78 is 3.11. The molecule has 3 atom stereocenters. The van der Waals surface area contributed by atoms with E-state index in [0.717, 1.165) is 23.9 Å². The van der Waals surface area contributed by atoms with Gasteiger partial charge in [-0.25, -0.2) is 0 Å². The van der Waals surface area contributed by atoms with E-state index in [-0.39, 0.29) is 11.5 Å². The highest BCUT2D eigenvalue weighted by atomic mass is 79.9. The lowest BCUT2D eigenvalue weighted by atomic mass is 9.66. The number of aliphatic hydroxyl groups excluding tert-OH is 1. The van der Waals surface area contributed by atoms with Crippen LogP contribution in [0.25, 0.3) is 0 Å². The maximum Gasteiger partial charge on any atom is 0.0635 e. The summed E-state index contributed by atoms with van der Waals surface area (Å²) in [6.45, 7) is 9.69. The van der Waals surface area contributed by atoms with Crippen LogP contribution in [0.15, 0.2) is 10.7 Å². The van der Waals surface area contributed by atoms with Gasteiger partial charge in [0.05, 0.1) is 22.5 Å². The third-order valence-electron chi connectivity index (χ3n) is 4.71. The predicted octanol–water partition coefficient (Wildman–Crippen LogP) is 3.74. The Morgan fingerprint density at radius 3 is 2.74 bits per heavy atom. The van der Waals surface area contributed by atoms with Crippen molar-refractivity contribution in [3.8, 4) is 0 Å². The monoisotopic (exact) mass is 328 g/mol. The number of halogens is 1. The first-order valence-corrected chi connectivity index (χ1v) is 8.07. The average molecular weight is 329 g/mol. The number of nitrogens with zero attached hydrogens (tertiary/aromatic N) is 2. The molecule has 1 heterocycles. The van der Waals surface area contributed by atoms with Crippen LogP contribution >= 0.6 is 15.9 Å². The first-order valence-electron chi connectivity index (χ1n) is 7.27. The van der Waals surface area contributed by atoms with Crippen LogP contribution in [-0.2, 0) is 12.0 Å². The number of hydrogen-bond acceptors (Lipinski definition) is 2. The van der Waals surface area contributed by atoms with Gasteiger partial charge in [0.1, 0.15) is 0 Å². The molecule has 3 nitrogen and oxygen atoms in total. The molecule has 1 aromatic rings. The summed E-state index contributed by atoms with van der Waals surface area (Å²) in [6.07, 6.45) is 4.90. The predicted molar refractivity (Wildman–Crippen MR) is 81.1 cm³/mol. The largest absolute Gasteiger partial charge is 0.393 e. The minimum Gasteiger partial charge on any atom is -0.393 e. The van der Waals surface area contributed by atoms with Gasteiger partial charge in [-0.1, -0.05) is 27.2 Å². The van der Waals surface area contributed by atoms with Crippen molar-refractivity contribution < 1.29 is 5.11 Å². The van der Waals surface area contributed by atoms with E-state index < -0.39 is 0 Å². The summed E-state index contributed by atoms with van der Waals surface area (Å²) in [5.74, 6) is 0.948. The molecule has 0 spiro atoms. The molecule has 0 aliphatic heterocycles. The molecule has 1 N–H and O–H groups in total. The molecular weight excluding hydrogens is 304 g/mol. The summed E-state index contributed by atoms with van der Waals surface area (Å²) in [7, 11) is 0. The topological polar surface area (TPSA) is 38.0 Å². The molecule has 0 amide bonds. The quantitative estimate of drug-likeness (QED) is 0.917. The van der Waals surface area contributed by atoms with Crippen molar-refractivity contribution in [2.75, 3.05) is 0 Å². The molecular formula is C15H25BrN2O. The van der Waals surface area contributed by atoms with Crippen LogP contribution < -0.4 is 0 Å². The van der Waals surface area contributed by atoms with Crippen LogP contribution in [0.1, 0.15) is 52.7 Å². The summed E-state index contributed by atoms with van der Waals surface area (Å²) in [6, 6.07) is 0. The zero-order valence-electron chi connectivity index (χ0n) is 12.4. The van der Waals surface area contributed by atoms with Gasteiger partial charge in [0.2, 0.25) is 0 Å². The molecule has 108 valence electrons. The van der Waals surface area contributed by atoms with E-state index in [1.807, 2.05) is 6.20 Å². The van der Waals surface area contributed by atoms with Crippen LogP contribution in [0.4, 0.5) is 0 Å². The van der Waals surface area contributed by atoms with E-state index in [1.54, 1.807) is 0 Å². The number of aliphatic hydroxyl groups is 1.